The average Bonchev–Trinajstić information content (AvgIpc) is 2.44. The maximum atomic E-state index is 10.8. The van der Waals surface area contributed by atoms with E-state index in [0.717, 1.165) is 17.7 Å². The molecule has 1 unspecified atom stereocenters. The Kier molecular flexibility index (Phi) is 6.84. The van der Waals surface area contributed by atoms with Crippen LogP contribution in [0.2, 0.25) is 0 Å². The second kappa shape index (κ2) is 7.94. The lowest BCUT2D eigenvalue weighted by atomic mass is 9.78. The number of benzene rings is 1. The van der Waals surface area contributed by atoms with Gasteiger partial charge in [-0.25, -0.2) is 0 Å². The van der Waals surface area contributed by atoms with E-state index in [4.69, 9.17) is 14.0 Å². The second-order valence-corrected chi connectivity index (χ2v) is 7.66. The smallest absolute Gasteiger partial charge is 0.264 e. The molecule has 0 aromatic heterocycles. The molecule has 0 fully saturated rings. The minimum absolute atomic E-state index is 0.158. The Morgan fingerprint density at radius 3 is 2.36 bits per heavy atom. The number of rotatable bonds is 9. The molecule has 0 radical (unpaired) electrons. The van der Waals surface area contributed by atoms with E-state index in [-0.39, 0.29) is 17.3 Å². The number of para-hydroxylation sites is 1. The van der Waals surface area contributed by atoms with E-state index in [1.54, 1.807) is 14.2 Å². The third-order valence-electron chi connectivity index (χ3n) is 3.84. The summed E-state index contributed by atoms with van der Waals surface area (Å²) in [6, 6.07) is 7.73. The molecule has 5 nitrogen and oxygen atoms in total. The summed E-state index contributed by atoms with van der Waals surface area (Å²) < 4.78 is 41.4. The first-order valence-corrected chi connectivity index (χ1v) is 8.93. The molecule has 0 bridgehead atoms. The van der Waals surface area contributed by atoms with Crippen molar-refractivity contribution in [1.29, 1.82) is 0 Å². The highest BCUT2D eigenvalue weighted by Gasteiger charge is 2.32. The lowest BCUT2D eigenvalue weighted by Crippen LogP contribution is -2.24. The monoisotopic (exact) mass is 330 g/mol. The van der Waals surface area contributed by atoms with Gasteiger partial charge in [-0.15, -0.1) is 0 Å². The van der Waals surface area contributed by atoms with Crippen LogP contribution >= 0.6 is 0 Å². The standard InChI is InChI=1S/C16H26O5S/c1-16(2,11-7-8-12-22(17,18)19)15(21-4)13-9-5-6-10-14(13)20-3/h5-6,9-10,15H,7-8,11-12H2,1-4H3,(H,17,18,19). The topological polar surface area (TPSA) is 72.8 Å². The molecule has 0 saturated carbocycles. The molecule has 1 aromatic carbocycles. The lowest BCUT2D eigenvalue weighted by molar-refractivity contribution is -0.00224. The summed E-state index contributed by atoms with van der Waals surface area (Å²) in [5.74, 6) is 0.579. The molecule has 1 aromatic rings. The van der Waals surface area contributed by atoms with Crippen LogP contribution in [0.25, 0.3) is 0 Å². The summed E-state index contributed by atoms with van der Waals surface area (Å²) in [4.78, 5) is 0. The number of hydrogen-bond acceptors (Lipinski definition) is 4. The normalized spacial score (nSPS) is 13.9. The molecule has 0 amide bonds. The molecule has 0 spiro atoms. The summed E-state index contributed by atoms with van der Waals surface area (Å²) in [7, 11) is -0.588. The zero-order chi connectivity index (χ0) is 16.8. The van der Waals surface area contributed by atoms with Crippen molar-refractivity contribution >= 4 is 10.1 Å². The van der Waals surface area contributed by atoms with Gasteiger partial charge in [0.05, 0.1) is 19.0 Å². The molecule has 0 saturated heterocycles. The Bertz CT molecular complexity index is 566. The van der Waals surface area contributed by atoms with E-state index < -0.39 is 10.1 Å². The van der Waals surface area contributed by atoms with E-state index in [0.29, 0.717) is 12.8 Å². The number of unbranched alkanes of at least 4 members (excludes halogenated alkanes) is 1. The summed E-state index contributed by atoms with van der Waals surface area (Å²) >= 11 is 0. The highest BCUT2D eigenvalue weighted by atomic mass is 32.2. The molecule has 0 aliphatic carbocycles. The average molecular weight is 330 g/mol. The second-order valence-electron chi connectivity index (χ2n) is 6.09. The fourth-order valence-corrected chi connectivity index (χ4v) is 3.32. The number of hydrogen-bond donors (Lipinski definition) is 1. The molecule has 0 heterocycles. The zero-order valence-corrected chi connectivity index (χ0v) is 14.5. The summed E-state index contributed by atoms with van der Waals surface area (Å²) in [5.41, 5.74) is 0.787. The van der Waals surface area contributed by atoms with Crippen molar-refractivity contribution in [2.75, 3.05) is 20.0 Å². The Balaban J connectivity index is 2.79. The third-order valence-corrected chi connectivity index (χ3v) is 4.64. The molecular formula is C16H26O5S. The molecule has 1 rings (SSSR count). The van der Waals surface area contributed by atoms with Crippen LogP contribution in [0.3, 0.4) is 0 Å². The van der Waals surface area contributed by atoms with Gasteiger partial charge in [-0.1, -0.05) is 38.5 Å². The van der Waals surface area contributed by atoms with Crippen molar-refractivity contribution in [1.82, 2.24) is 0 Å². The van der Waals surface area contributed by atoms with Crippen LogP contribution in [0.1, 0.15) is 44.8 Å². The van der Waals surface area contributed by atoms with Gasteiger partial charge in [-0.05, 0) is 24.3 Å². The van der Waals surface area contributed by atoms with Gasteiger partial charge in [0.1, 0.15) is 5.75 Å². The van der Waals surface area contributed by atoms with Crippen LogP contribution in [0.4, 0.5) is 0 Å². The van der Waals surface area contributed by atoms with Crippen LogP contribution in [0, 0.1) is 5.41 Å². The Morgan fingerprint density at radius 1 is 1.18 bits per heavy atom. The van der Waals surface area contributed by atoms with Crippen molar-refractivity contribution in [2.24, 2.45) is 5.41 Å². The first kappa shape index (κ1) is 18.9. The van der Waals surface area contributed by atoms with Crippen molar-refractivity contribution in [3.63, 3.8) is 0 Å². The highest BCUT2D eigenvalue weighted by molar-refractivity contribution is 7.85. The maximum absolute atomic E-state index is 10.8. The van der Waals surface area contributed by atoms with Gasteiger partial charge in [-0.3, -0.25) is 4.55 Å². The lowest BCUT2D eigenvalue weighted by Gasteiger charge is -2.34. The van der Waals surface area contributed by atoms with Crippen LogP contribution in [-0.4, -0.2) is 32.9 Å². The molecule has 0 aliphatic rings. The first-order chi connectivity index (χ1) is 10.2. The van der Waals surface area contributed by atoms with Gasteiger partial charge in [0, 0.05) is 12.7 Å². The highest BCUT2D eigenvalue weighted by Crippen LogP contribution is 2.43. The summed E-state index contributed by atoms with van der Waals surface area (Å²) in [6.07, 6.45) is 1.75. The number of methoxy groups -OCH3 is 2. The molecule has 22 heavy (non-hydrogen) atoms. The van der Waals surface area contributed by atoms with E-state index in [1.807, 2.05) is 24.3 Å². The fourth-order valence-electron chi connectivity index (χ4n) is 2.75. The SMILES string of the molecule is COc1ccccc1C(OC)C(C)(C)CCCCS(=O)(=O)O. The molecule has 126 valence electrons. The third kappa shape index (κ3) is 5.59. The maximum Gasteiger partial charge on any atom is 0.264 e. The van der Waals surface area contributed by atoms with Crippen LogP contribution in [0.5, 0.6) is 5.75 Å². The van der Waals surface area contributed by atoms with Crippen molar-refractivity contribution in [3.05, 3.63) is 29.8 Å². The molecule has 1 atom stereocenters. The molecule has 6 heteroatoms. The number of ether oxygens (including phenoxy) is 2. The summed E-state index contributed by atoms with van der Waals surface area (Å²) in [6.45, 7) is 4.17. The van der Waals surface area contributed by atoms with E-state index in [2.05, 4.69) is 13.8 Å². The predicted molar refractivity (Wildman–Crippen MR) is 86.8 cm³/mol. The molecular weight excluding hydrogens is 304 g/mol. The Morgan fingerprint density at radius 2 is 1.82 bits per heavy atom. The van der Waals surface area contributed by atoms with Gasteiger partial charge in [-0.2, -0.15) is 8.42 Å². The Hall–Kier alpha value is -1.11. The minimum atomic E-state index is -3.88. The van der Waals surface area contributed by atoms with Crippen LogP contribution < -0.4 is 4.74 Å². The largest absolute Gasteiger partial charge is 0.496 e. The van der Waals surface area contributed by atoms with E-state index >= 15 is 0 Å². The minimum Gasteiger partial charge on any atom is -0.496 e. The zero-order valence-electron chi connectivity index (χ0n) is 13.7. The van der Waals surface area contributed by atoms with Crippen molar-refractivity contribution < 1.29 is 22.4 Å². The van der Waals surface area contributed by atoms with Crippen molar-refractivity contribution in [3.8, 4) is 5.75 Å². The van der Waals surface area contributed by atoms with Crippen molar-refractivity contribution in [2.45, 2.75) is 39.2 Å². The molecule has 0 aliphatic heterocycles. The fraction of sp³-hybridized carbons (Fsp3) is 0.625. The van der Waals surface area contributed by atoms with Gasteiger partial charge >= 0.3 is 0 Å². The van der Waals surface area contributed by atoms with Gasteiger partial charge in [0.25, 0.3) is 10.1 Å². The van der Waals surface area contributed by atoms with Gasteiger partial charge in [0.15, 0.2) is 0 Å². The van der Waals surface area contributed by atoms with E-state index in [9.17, 15) is 8.42 Å². The Labute approximate surface area is 133 Å². The van der Waals surface area contributed by atoms with Crippen LogP contribution in [-0.2, 0) is 14.9 Å². The van der Waals surface area contributed by atoms with E-state index in [1.165, 1.54) is 0 Å². The first-order valence-electron chi connectivity index (χ1n) is 7.32. The summed E-state index contributed by atoms with van der Waals surface area (Å²) in [5, 5.41) is 0. The van der Waals surface area contributed by atoms with Gasteiger partial charge < -0.3 is 9.47 Å². The quantitative estimate of drug-likeness (QED) is 0.554. The predicted octanol–water partition coefficient (Wildman–Crippen LogP) is 3.47. The molecule has 1 N–H and O–H groups in total. The van der Waals surface area contributed by atoms with Gasteiger partial charge in [0.2, 0.25) is 0 Å². The van der Waals surface area contributed by atoms with Crippen LogP contribution in [0.15, 0.2) is 24.3 Å².